The summed E-state index contributed by atoms with van der Waals surface area (Å²) < 4.78 is 0. The number of hydrogen-bond acceptors (Lipinski definition) is 4. The lowest BCUT2D eigenvalue weighted by Gasteiger charge is -2.16. The molecule has 0 spiro atoms. The smallest absolute Gasteiger partial charge is 0.354 e. The molecular formula is C21H23N3O3. The number of rotatable bonds is 6. The Hall–Kier alpha value is -3.15. The standard InChI is InChI=1S/C21H23N3O3/c1-5-14-17(22-9-15-11(2)7-6-8-12(15)3)20-18(24-19(14)21(26)27)16(10-25)13(4)23-20/h6-8,10,23H,5,9H2,1-4H3,(H,22,24)(H,26,27). The van der Waals surface area contributed by atoms with E-state index in [0.717, 1.165) is 0 Å². The summed E-state index contributed by atoms with van der Waals surface area (Å²) in [5.74, 6) is -1.10. The molecule has 2 aromatic heterocycles. The molecule has 0 aliphatic heterocycles. The number of fused-ring (bicyclic) bond motifs is 1. The van der Waals surface area contributed by atoms with E-state index >= 15 is 0 Å². The van der Waals surface area contributed by atoms with Crippen molar-refractivity contribution in [3.63, 3.8) is 0 Å². The molecule has 0 fully saturated rings. The Labute approximate surface area is 157 Å². The van der Waals surface area contributed by atoms with Crippen LogP contribution in [0.4, 0.5) is 5.69 Å². The summed E-state index contributed by atoms with van der Waals surface area (Å²) in [5.41, 5.74) is 6.93. The number of carboxylic acid groups (broad SMARTS) is 1. The number of carbonyl (C=O) groups excluding carboxylic acids is 1. The summed E-state index contributed by atoms with van der Waals surface area (Å²) >= 11 is 0. The van der Waals surface area contributed by atoms with Gasteiger partial charge in [-0.05, 0) is 43.9 Å². The highest BCUT2D eigenvalue weighted by Crippen LogP contribution is 2.32. The molecule has 3 rings (SSSR count). The van der Waals surface area contributed by atoms with Gasteiger partial charge < -0.3 is 15.4 Å². The monoisotopic (exact) mass is 365 g/mol. The molecule has 0 saturated heterocycles. The fraction of sp³-hybridized carbons (Fsp3) is 0.286. The molecule has 27 heavy (non-hydrogen) atoms. The zero-order chi connectivity index (χ0) is 19.7. The lowest BCUT2D eigenvalue weighted by Crippen LogP contribution is -2.12. The van der Waals surface area contributed by atoms with Crippen LogP contribution in [0, 0.1) is 20.8 Å². The maximum absolute atomic E-state index is 11.8. The number of anilines is 1. The van der Waals surface area contributed by atoms with E-state index in [1.54, 1.807) is 6.92 Å². The van der Waals surface area contributed by atoms with Crippen LogP contribution >= 0.6 is 0 Å². The zero-order valence-electron chi connectivity index (χ0n) is 15.9. The fourth-order valence-corrected chi connectivity index (χ4v) is 3.54. The highest BCUT2D eigenvalue weighted by molar-refractivity contribution is 6.05. The van der Waals surface area contributed by atoms with Crippen LogP contribution in [-0.2, 0) is 13.0 Å². The van der Waals surface area contributed by atoms with Crippen LogP contribution in [0.5, 0.6) is 0 Å². The summed E-state index contributed by atoms with van der Waals surface area (Å²) in [5, 5.41) is 13.1. The van der Waals surface area contributed by atoms with Gasteiger partial charge in [-0.25, -0.2) is 9.78 Å². The van der Waals surface area contributed by atoms with Crippen molar-refractivity contribution in [2.24, 2.45) is 0 Å². The minimum Gasteiger partial charge on any atom is -0.477 e. The predicted molar refractivity (Wildman–Crippen MR) is 106 cm³/mol. The number of carbonyl (C=O) groups is 2. The van der Waals surface area contributed by atoms with Crippen molar-refractivity contribution in [3.8, 4) is 0 Å². The Bertz CT molecular complexity index is 1030. The van der Waals surface area contributed by atoms with Crippen molar-refractivity contribution in [3.05, 3.63) is 57.4 Å². The zero-order valence-corrected chi connectivity index (χ0v) is 15.9. The first-order valence-electron chi connectivity index (χ1n) is 8.91. The number of H-pyrrole nitrogens is 1. The Balaban J connectivity index is 2.20. The van der Waals surface area contributed by atoms with E-state index < -0.39 is 5.97 Å². The Morgan fingerprint density at radius 3 is 2.44 bits per heavy atom. The van der Waals surface area contributed by atoms with Gasteiger partial charge in [0.05, 0.1) is 16.8 Å². The van der Waals surface area contributed by atoms with Crippen LogP contribution in [0.25, 0.3) is 11.0 Å². The number of pyridine rings is 1. The molecule has 6 heteroatoms. The van der Waals surface area contributed by atoms with E-state index in [1.165, 1.54) is 16.7 Å². The van der Waals surface area contributed by atoms with Crippen molar-refractivity contribution >= 4 is 29.0 Å². The number of aromatic nitrogens is 2. The quantitative estimate of drug-likeness (QED) is 0.570. The van der Waals surface area contributed by atoms with Gasteiger partial charge in [0.1, 0.15) is 5.52 Å². The molecule has 0 aliphatic carbocycles. The van der Waals surface area contributed by atoms with Gasteiger partial charge in [0.2, 0.25) is 0 Å². The molecule has 6 nitrogen and oxygen atoms in total. The predicted octanol–water partition coefficient (Wildman–Crippen LogP) is 4.17. The van der Waals surface area contributed by atoms with Crippen LogP contribution in [0.2, 0.25) is 0 Å². The van der Waals surface area contributed by atoms with Crippen LogP contribution in [0.3, 0.4) is 0 Å². The summed E-state index contributed by atoms with van der Waals surface area (Å²) in [7, 11) is 0. The summed E-state index contributed by atoms with van der Waals surface area (Å²) in [6, 6.07) is 6.13. The number of aromatic carboxylic acids is 1. The summed E-state index contributed by atoms with van der Waals surface area (Å²) in [6.45, 7) is 8.35. The topological polar surface area (TPSA) is 95.1 Å². The molecule has 3 aromatic rings. The van der Waals surface area contributed by atoms with E-state index in [2.05, 4.69) is 41.3 Å². The largest absolute Gasteiger partial charge is 0.477 e. The number of nitrogens with zero attached hydrogens (tertiary/aromatic N) is 1. The molecule has 0 amide bonds. The highest BCUT2D eigenvalue weighted by Gasteiger charge is 2.22. The molecule has 0 saturated carbocycles. The van der Waals surface area contributed by atoms with Gasteiger partial charge in [0.15, 0.2) is 12.0 Å². The number of carboxylic acids is 1. The number of aromatic amines is 1. The normalized spacial score (nSPS) is 11.0. The second kappa shape index (κ2) is 7.23. The minimum absolute atomic E-state index is 0.0175. The molecule has 1 aromatic carbocycles. The van der Waals surface area contributed by atoms with Gasteiger partial charge in [-0.1, -0.05) is 25.1 Å². The Morgan fingerprint density at radius 1 is 1.22 bits per heavy atom. The van der Waals surface area contributed by atoms with Gasteiger partial charge in [0.25, 0.3) is 0 Å². The van der Waals surface area contributed by atoms with E-state index in [0.29, 0.717) is 52.8 Å². The number of benzene rings is 1. The van der Waals surface area contributed by atoms with Crippen LogP contribution in [0.1, 0.15) is 55.7 Å². The average molecular weight is 365 g/mol. The maximum atomic E-state index is 11.8. The van der Waals surface area contributed by atoms with Crippen molar-refractivity contribution in [1.82, 2.24) is 9.97 Å². The Kier molecular flexibility index (Phi) is 4.99. The van der Waals surface area contributed by atoms with E-state index in [4.69, 9.17) is 0 Å². The number of aldehydes is 1. The Morgan fingerprint density at radius 2 is 1.89 bits per heavy atom. The SMILES string of the molecule is CCc1c(C(=O)O)nc2c(C=O)c(C)[nH]c2c1NCc1c(C)cccc1C. The van der Waals surface area contributed by atoms with Gasteiger partial charge in [-0.3, -0.25) is 4.79 Å². The first-order chi connectivity index (χ1) is 12.9. The first kappa shape index (κ1) is 18.6. The second-order valence-corrected chi connectivity index (χ2v) is 6.70. The molecule has 0 radical (unpaired) electrons. The second-order valence-electron chi connectivity index (χ2n) is 6.70. The number of aryl methyl sites for hydroxylation is 3. The average Bonchev–Trinajstić information content (AvgIpc) is 2.95. The molecule has 2 heterocycles. The van der Waals surface area contributed by atoms with Gasteiger partial charge in [-0.2, -0.15) is 0 Å². The van der Waals surface area contributed by atoms with Crippen molar-refractivity contribution < 1.29 is 14.7 Å². The lowest BCUT2D eigenvalue weighted by molar-refractivity contribution is 0.0689. The van der Waals surface area contributed by atoms with Gasteiger partial charge in [0, 0.05) is 17.8 Å². The molecule has 0 unspecified atom stereocenters. The third-order valence-corrected chi connectivity index (χ3v) is 5.03. The van der Waals surface area contributed by atoms with E-state index in [-0.39, 0.29) is 5.69 Å². The molecule has 0 aliphatic rings. The summed E-state index contributed by atoms with van der Waals surface area (Å²) in [4.78, 5) is 30.8. The third kappa shape index (κ3) is 3.18. The van der Waals surface area contributed by atoms with E-state index in [1.807, 2.05) is 13.0 Å². The molecular weight excluding hydrogens is 342 g/mol. The third-order valence-electron chi connectivity index (χ3n) is 5.03. The first-order valence-corrected chi connectivity index (χ1v) is 8.91. The molecule has 0 atom stereocenters. The van der Waals surface area contributed by atoms with Crippen LogP contribution < -0.4 is 5.32 Å². The number of nitrogens with one attached hydrogen (secondary N) is 2. The van der Waals surface area contributed by atoms with Crippen molar-refractivity contribution in [2.45, 2.75) is 40.7 Å². The van der Waals surface area contributed by atoms with Gasteiger partial charge in [-0.15, -0.1) is 0 Å². The van der Waals surface area contributed by atoms with Gasteiger partial charge >= 0.3 is 5.97 Å². The van der Waals surface area contributed by atoms with E-state index in [9.17, 15) is 14.7 Å². The number of hydrogen-bond donors (Lipinski definition) is 3. The van der Waals surface area contributed by atoms with Crippen molar-refractivity contribution in [1.29, 1.82) is 0 Å². The highest BCUT2D eigenvalue weighted by atomic mass is 16.4. The lowest BCUT2D eigenvalue weighted by atomic mass is 10.0. The molecule has 3 N–H and O–H groups in total. The molecule has 140 valence electrons. The van der Waals surface area contributed by atoms with Crippen molar-refractivity contribution in [2.75, 3.05) is 5.32 Å². The minimum atomic E-state index is -1.10. The van der Waals surface area contributed by atoms with Crippen LogP contribution in [0.15, 0.2) is 18.2 Å². The summed E-state index contributed by atoms with van der Waals surface area (Å²) in [6.07, 6.45) is 1.22. The maximum Gasteiger partial charge on any atom is 0.354 e. The molecule has 0 bridgehead atoms. The fourth-order valence-electron chi connectivity index (χ4n) is 3.54. The van der Waals surface area contributed by atoms with Crippen LogP contribution in [-0.4, -0.2) is 27.3 Å².